The van der Waals surface area contributed by atoms with Gasteiger partial charge in [0.15, 0.2) is 0 Å². The molecule has 7 heteroatoms. The number of hydrogen-bond acceptors (Lipinski definition) is 6. The zero-order valence-electron chi connectivity index (χ0n) is 28.1. The molecule has 0 spiro atoms. The fourth-order valence-corrected chi connectivity index (χ4v) is 6.99. The van der Waals surface area contributed by atoms with Crippen molar-refractivity contribution in [2.75, 3.05) is 0 Å². The number of para-hydroxylation sites is 2. The molecule has 0 saturated heterocycles. The van der Waals surface area contributed by atoms with Gasteiger partial charge in [-0.2, -0.15) is 15.8 Å². The molecule has 0 saturated carbocycles. The largest absolute Gasteiger partial charge is 0.309 e. The van der Waals surface area contributed by atoms with Crippen molar-refractivity contribution in [3.05, 3.63) is 168 Å². The van der Waals surface area contributed by atoms with Crippen molar-refractivity contribution in [2.24, 2.45) is 0 Å². The molecule has 3 aromatic heterocycles. The molecule has 53 heavy (non-hydrogen) atoms. The van der Waals surface area contributed by atoms with Gasteiger partial charge in [-0.1, -0.05) is 84.9 Å². The van der Waals surface area contributed by atoms with Crippen LogP contribution in [0, 0.1) is 34.0 Å². The molecule has 7 nitrogen and oxygen atoms in total. The second kappa shape index (κ2) is 12.8. The average molecular weight is 676 g/mol. The van der Waals surface area contributed by atoms with Gasteiger partial charge < -0.3 is 4.57 Å². The summed E-state index contributed by atoms with van der Waals surface area (Å²) in [6.45, 7) is 0. The SMILES string of the molecule is N#Cc1ccc(-c2nc3c(-c4cccc(-n5c6ccccc6c6ccccc65)c4)cnc(-c4ccc(C#N)cc4)c3nc2-c2ccc(C#N)cc2)cc1. The Bertz CT molecular complexity index is 2960. The molecule has 3 heterocycles. The highest BCUT2D eigenvalue weighted by Crippen LogP contribution is 2.39. The highest BCUT2D eigenvalue weighted by atomic mass is 15.0. The first-order valence-electron chi connectivity index (χ1n) is 16.9. The Kier molecular flexibility index (Phi) is 7.48. The van der Waals surface area contributed by atoms with Crippen molar-refractivity contribution in [3.8, 4) is 68.8 Å². The van der Waals surface area contributed by atoms with E-state index in [4.69, 9.17) is 15.0 Å². The van der Waals surface area contributed by atoms with E-state index in [0.717, 1.165) is 44.5 Å². The molecule has 0 aliphatic carbocycles. The van der Waals surface area contributed by atoms with E-state index in [2.05, 4.69) is 95.6 Å². The molecule has 0 fully saturated rings. The van der Waals surface area contributed by atoms with E-state index in [0.29, 0.717) is 44.8 Å². The first kappa shape index (κ1) is 31.1. The molecule has 6 aromatic carbocycles. The summed E-state index contributed by atoms with van der Waals surface area (Å²) < 4.78 is 2.28. The number of fused-ring (bicyclic) bond motifs is 4. The minimum absolute atomic E-state index is 0.535. The highest BCUT2D eigenvalue weighted by molar-refractivity contribution is 6.09. The van der Waals surface area contributed by atoms with Crippen LogP contribution in [0.4, 0.5) is 0 Å². The Balaban J connectivity index is 1.33. The van der Waals surface area contributed by atoms with Gasteiger partial charge in [0.25, 0.3) is 0 Å². The van der Waals surface area contributed by atoms with Crippen LogP contribution >= 0.6 is 0 Å². The van der Waals surface area contributed by atoms with Crippen LogP contribution < -0.4 is 0 Å². The van der Waals surface area contributed by atoms with E-state index in [1.54, 1.807) is 36.4 Å². The van der Waals surface area contributed by atoms with Crippen molar-refractivity contribution < 1.29 is 0 Å². The lowest BCUT2D eigenvalue weighted by Gasteiger charge is -2.16. The maximum absolute atomic E-state index is 9.53. The van der Waals surface area contributed by atoms with Crippen LogP contribution in [-0.2, 0) is 0 Å². The van der Waals surface area contributed by atoms with Crippen molar-refractivity contribution in [3.63, 3.8) is 0 Å². The number of rotatable bonds is 5. The van der Waals surface area contributed by atoms with Crippen molar-refractivity contribution in [1.29, 1.82) is 15.8 Å². The van der Waals surface area contributed by atoms with E-state index < -0.39 is 0 Å². The average Bonchev–Trinajstić information content (AvgIpc) is 3.57. The van der Waals surface area contributed by atoms with Gasteiger partial charge in [0.05, 0.1) is 63.0 Å². The lowest BCUT2D eigenvalue weighted by atomic mass is 9.98. The summed E-state index contributed by atoms with van der Waals surface area (Å²) in [5.74, 6) is 0. The monoisotopic (exact) mass is 675 g/mol. The Morgan fingerprint density at radius 3 is 1.42 bits per heavy atom. The van der Waals surface area contributed by atoms with Gasteiger partial charge in [0, 0.05) is 44.9 Å². The van der Waals surface area contributed by atoms with Gasteiger partial charge in [-0.25, -0.2) is 9.97 Å². The summed E-state index contributed by atoms with van der Waals surface area (Å²) >= 11 is 0. The van der Waals surface area contributed by atoms with Crippen LogP contribution in [0.15, 0.2) is 152 Å². The first-order valence-corrected chi connectivity index (χ1v) is 16.9. The molecule has 9 rings (SSSR count). The Hall–Kier alpha value is -7.92. The molecule has 0 bridgehead atoms. The third kappa shape index (κ3) is 5.32. The van der Waals surface area contributed by atoms with E-state index >= 15 is 0 Å². The van der Waals surface area contributed by atoms with E-state index in [1.165, 1.54) is 10.8 Å². The topological polar surface area (TPSA) is 115 Å². The van der Waals surface area contributed by atoms with Gasteiger partial charge in [-0.15, -0.1) is 0 Å². The summed E-state index contributed by atoms with van der Waals surface area (Å²) in [5, 5.41) is 30.9. The zero-order chi connectivity index (χ0) is 35.9. The van der Waals surface area contributed by atoms with Gasteiger partial charge in [-0.05, 0) is 66.2 Å². The smallest absolute Gasteiger partial charge is 0.116 e. The second-order valence-electron chi connectivity index (χ2n) is 12.6. The number of pyridine rings is 1. The van der Waals surface area contributed by atoms with Gasteiger partial charge in [0.1, 0.15) is 11.0 Å². The normalized spacial score (nSPS) is 11.0. The van der Waals surface area contributed by atoms with Crippen LogP contribution in [0.5, 0.6) is 0 Å². The molecule has 0 radical (unpaired) electrons. The maximum Gasteiger partial charge on any atom is 0.116 e. The highest BCUT2D eigenvalue weighted by Gasteiger charge is 2.21. The molecule has 0 N–H and O–H groups in total. The molecule has 0 aliphatic rings. The Labute approximate surface area is 304 Å². The number of hydrogen-bond donors (Lipinski definition) is 0. The minimum atomic E-state index is 0.535. The van der Waals surface area contributed by atoms with E-state index in [1.807, 2.05) is 42.6 Å². The first-order chi connectivity index (χ1) is 26.1. The lowest BCUT2D eigenvalue weighted by Crippen LogP contribution is -2.01. The number of aromatic nitrogens is 4. The maximum atomic E-state index is 9.53. The fourth-order valence-electron chi connectivity index (χ4n) is 6.99. The Morgan fingerprint density at radius 1 is 0.434 bits per heavy atom. The molecule has 244 valence electrons. The van der Waals surface area contributed by atoms with Crippen LogP contribution in [0.1, 0.15) is 16.7 Å². The molecule has 0 atom stereocenters. The summed E-state index contributed by atoms with van der Waals surface area (Å²) in [7, 11) is 0. The van der Waals surface area contributed by atoms with Crippen LogP contribution in [0.2, 0.25) is 0 Å². The fraction of sp³-hybridized carbons (Fsp3) is 0. The predicted molar refractivity (Wildman–Crippen MR) is 208 cm³/mol. The molecule has 0 unspecified atom stereocenters. The van der Waals surface area contributed by atoms with Crippen molar-refractivity contribution >= 4 is 32.8 Å². The third-order valence-corrected chi connectivity index (χ3v) is 9.56. The van der Waals surface area contributed by atoms with Gasteiger partial charge >= 0.3 is 0 Å². The van der Waals surface area contributed by atoms with Gasteiger partial charge in [-0.3, -0.25) is 4.98 Å². The Morgan fingerprint density at radius 2 is 0.906 bits per heavy atom. The number of nitrogens with zero attached hydrogens (tertiary/aromatic N) is 7. The van der Waals surface area contributed by atoms with Crippen molar-refractivity contribution in [2.45, 2.75) is 0 Å². The summed E-state index contributed by atoms with van der Waals surface area (Å²) in [6, 6.07) is 53.7. The lowest BCUT2D eigenvalue weighted by molar-refractivity contribution is 1.18. The van der Waals surface area contributed by atoms with Crippen molar-refractivity contribution in [1.82, 2.24) is 19.5 Å². The quantitative estimate of drug-likeness (QED) is 0.179. The summed E-state index contributed by atoms with van der Waals surface area (Å²) in [5.41, 5.74) is 12.0. The van der Waals surface area contributed by atoms with Crippen LogP contribution in [-0.4, -0.2) is 19.5 Å². The molecular formula is C46H25N7. The summed E-state index contributed by atoms with van der Waals surface area (Å²) in [6.07, 6.45) is 1.85. The zero-order valence-corrected chi connectivity index (χ0v) is 28.1. The molecule has 0 aliphatic heterocycles. The van der Waals surface area contributed by atoms with E-state index in [-0.39, 0.29) is 0 Å². The molecule has 0 amide bonds. The standard InChI is InChI=1S/C46H25N7/c47-25-29-12-18-32(19-13-29)42-46-45(51-43(33-20-14-30(26-48)15-21-33)44(52-46)34-22-16-31(27-49)17-23-34)39(28-50-42)35-6-5-7-36(24-35)53-40-10-3-1-8-37(40)38-9-2-4-11-41(38)53/h1-24,28H. The van der Waals surface area contributed by atoms with Gasteiger partial charge in [0.2, 0.25) is 0 Å². The number of benzene rings is 6. The van der Waals surface area contributed by atoms with Crippen LogP contribution in [0.25, 0.3) is 83.4 Å². The summed E-state index contributed by atoms with van der Waals surface area (Å²) in [4.78, 5) is 15.8. The third-order valence-electron chi connectivity index (χ3n) is 9.56. The second-order valence-corrected chi connectivity index (χ2v) is 12.6. The number of nitriles is 3. The molecule has 9 aromatic rings. The van der Waals surface area contributed by atoms with Crippen LogP contribution in [0.3, 0.4) is 0 Å². The minimum Gasteiger partial charge on any atom is -0.309 e. The predicted octanol–water partition coefficient (Wildman–Crippen LogP) is 10.4. The van der Waals surface area contributed by atoms with E-state index in [9.17, 15) is 15.8 Å². The molecular weight excluding hydrogens is 651 g/mol.